The van der Waals surface area contributed by atoms with Crippen LogP contribution in [-0.4, -0.2) is 40.0 Å². The molecule has 1 aromatic heterocycles. The molecule has 0 spiro atoms. The van der Waals surface area contributed by atoms with Crippen LogP contribution in [0.25, 0.3) is 10.9 Å². The average Bonchev–Trinajstić information content (AvgIpc) is 3.19. The van der Waals surface area contributed by atoms with E-state index in [0.29, 0.717) is 25.1 Å². The van der Waals surface area contributed by atoms with E-state index in [9.17, 15) is 14.7 Å². The minimum atomic E-state index is -0.745. The van der Waals surface area contributed by atoms with Crippen LogP contribution in [-0.2, 0) is 4.79 Å². The quantitative estimate of drug-likeness (QED) is 0.890. The highest BCUT2D eigenvalue weighted by Gasteiger charge is 2.55. The van der Waals surface area contributed by atoms with E-state index in [1.165, 1.54) is 0 Å². The van der Waals surface area contributed by atoms with E-state index in [1.54, 1.807) is 4.90 Å². The van der Waals surface area contributed by atoms with Crippen molar-refractivity contribution >= 4 is 22.8 Å². The van der Waals surface area contributed by atoms with Crippen LogP contribution >= 0.6 is 0 Å². The molecule has 0 unspecified atom stereocenters. The Labute approximate surface area is 140 Å². The molecule has 1 amide bonds. The number of carboxylic acid groups (broad SMARTS) is 1. The van der Waals surface area contributed by atoms with Crippen molar-refractivity contribution in [1.29, 1.82) is 0 Å². The monoisotopic (exact) mass is 326 g/mol. The topological polar surface area (TPSA) is 73.4 Å². The highest BCUT2D eigenvalue weighted by atomic mass is 16.4. The van der Waals surface area contributed by atoms with E-state index < -0.39 is 11.4 Å². The van der Waals surface area contributed by atoms with Crippen LogP contribution in [0.5, 0.6) is 0 Å². The van der Waals surface area contributed by atoms with Gasteiger partial charge in [-0.1, -0.05) is 18.6 Å². The fourth-order valence-electron chi connectivity index (χ4n) is 4.62. The van der Waals surface area contributed by atoms with E-state index in [2.05, 4.69) is 4.98 Å². The lowest BCUT2D eigenvalue weighted by molar-refractivity contribution is -0.149. The van der Waals surface area contributed by atoms with Crippen molar-refractivity contribution < 1.29 is 14.7 Å². The molecular formula is C19H22N2O3. The van der Waals surface area contributed by atoms with Gasteiger partial charge >= 0.3 is 5.97 Å². The summed E-state index contributed by atoms with van der Waals surface area (Å²) in [5.74, 6) is -0.716. The number of aromatic amines is 1. The lowest BCUT2D eigenvalue weighted by Gasteiger charge is -2.23. The van der Waals surface area contributed by atoms with Gasteiger partial charge in [0.1, 0.15) is 0 Å². The zero-order valence-electron chi connectivity index (χ0n) is 14.1. The van der Waals surface area contributed by atoms with Crippen molar-refractivity contribution in [2.45, 2.75) is 33.1 Å². The molecule has 1 aromatic carbocycles. The first-order valence-electron chi connectivity index (χ1n) is 8.54. The number of nitrogens with zero attached hydrogens (tertiary/aromatic N) is 1. The van der Waals surface area contributed by atoms with E-state index in [4.69, 9.17) is 0 Å². The number of para-hydroxylation sites is 1. The van der Waals surface area contributed by atoms with Gasteiger partial charge in [0.2, 0.25) is 0 Å². The molecule has 126 valence electrons. The molecule has 2 atom stereocenters. The van der Waals surface area contributed by atoms with Crippen LogP contribution in [0.1, 0.15) is 40.9 Å². The smallest absolute Gasteiger partial charge is 0.311 e. The summed E-state index contributed by atoms with van der Waals surface area (Å²) in [6.07, 6.45) is 2.53. The van der Waals surface area contributed by atoms with Gasteiger partial charge in [0.15, 0.2) is 0 Å². The summed E-state index contributed by atoms with van der Waals surface area (Å²) >= 11 is 0. The Balaban J connectivity index is 1.71. The number of aliphatic carboxylic acids is 1. The van der Waals surface area contributed by atoms with E-state index in [1.807, 2.05) is 32.0 Å². The highest BCUT2D eigenvalue weighted by Crippen LogP contribution is 2.49. The molecular weight excluding hydrogens is 304 g/mol. The SMILES string of the molecule is Cc1[nH]c2c(C(=O)N3C[C@@H]4CCC[C@@]4(C(=O)O)C3)cccc2c1C. The first-order chi connectivity index (χ1) is 11.4. The van der Waals surface area contributed by atoms with Crippen molar-refractivity contribution in [3.8, 4) is 0 Å². The molecule has 2 aromatic rings. The number of aromatic nitrogens is 1. The Morgan fingerprint density at radius 2 is 2.12 bits per heavy atom. The summed E-state index contributed by atoms with van der Waals surface area (Å²) in [7, 11) is 0. The first kappa shape index (κ1) is 15.2. The molecule has 1 saturated carbocycles. The summed E-state index contributed by atoms with van der Waals surface area (Å²) in [6.45, 7) is 4.94. The number of rotatable bonds is 2. The minimum absolute atomic E-state index is 0.0584. The van der Waals surface area contributed by atoms with Crippen molar-refractivity contribution in [2.24, 2.45) is 11.3 Å². The molecule has 4 rings (SSSR count). The van der Waals surface area contributed by atoms with Crippen LogP contribution in [0.4, 0.5) is 0 Å². The lowest BCUT2D eigenvalue weighted by atomic mass is 9.81. The molecule has 2 aliphatic rings. The third kappa shape index (κ3) is 1.93. The molecule has 2 heterocycles. The molecule has 2 N–H and O–H groups in total. The second kappa shape index (κ2) is 5.10. The molecule has 24 heavy (non-hydrogen) atoms. The number of nitrogens with one attached hydrogen (secondary N) is 1. The standard InChI is InChI=1S/C19H22N2O3/c1-11-12(2)20-16-14(11)6-3-7-15(16)17(22)21-9-13-5-4-8-19(13,10-21)18(23)24/h3,6-7,13,20H,4-5,8-10H2,1-2H3,(H,23,24)/t13-,19+/m0/s1. The number of aryl methyl sites for hydroxylation is 2. The third-order valence-electron chi connectivity index (χ3n) is 6.16. The lowest BCUT2D eigenvalue weighted by Crippen LogP contribution is -2.37. The third-order valence-corrected chi connectivity index (χ3v) is 6.16. The number of hydrogen-bond donors (Lipinski definition) is 2. The molecule has 5 heteroatoms. The summed E-state index contributed by atoms with van der Waals surface area (Å²) in [5, 5.41) is 10.8. The summed E-state index contributed by atoms with van der Waals surface area (Å²) in [6, 6.07) is 5.75. The van der Waals surface area contributed by atoms with Gasteiger partial charge < -0.3 is 15.0 Å². The molecule has 5 nitrogen and oxygen atoms in total. The predicted octanol–water partition coefficient (Wildman–Crippen LogP) is 3.11. The van der Waals surface area contributed by atoms with Gasteiger partial charge in [-0.05, 0) is 44.2 Å². The fraction of sp³-hybridized carbons (Fsp3) is 0.474. The number of carbonyl (C=O) groups is 2. The molecule has 1 aliphatic carbocycles. The maximum Gasteiger partial charge on any atom is 0.311 e. The van der Waals surface area contributed by atoms with Gasteiger partial charge in [-0.2, -0.15) is 0 Å². The second-order valence-electron chi connectivity index (χ2n) is 7.34. The van der Waals surface area contributed by atoms with Crippen LogP contribution in [0.2, 0.25) is 0 Å². The van der Waals surface area contributed by atoms with E-state index >= 15 is 0 Å². The zero-order valence-corrected chi connectivity index (χ0v) is 14.1. The molecule has 0 radical (unpaired) electrons. The zero-order chi connectivity index (χ0) is 17.1. The van der Waals surface area contributed by atoms with Crippen molar-refractivity contribution in [3.05, 3.63) is 35.0 Å². The normalized spacial score (nSPS) is 26.1. The van der Waals surface area contributed by atoms with Gasteiger partial charge in [-0.15, -0.1) is 0 Å². The Hall–Kier alpha value is -2.30. The Morgan fingerprint density at radius 3 is 2.83 bits per heavy atom. The number of hydrogen-bond acceptors (Lipinski definition) is 2. The van der Waals surface area contributed by atoms with Gasteiger partial charge in [-0.3, -0.25) is 9.59 Å². The van der Waals surface area contributed by atoms with Gasteiger partial charge in [0, 0.05) is 24.2 Å². The molecule has 1 saturated heterocycles. The van der Waals surface area contributed by atoms with Crippen molar-refractivity contribution in [1.82, 2.24) is 9.88 Å². The number of carboxylic acids is 1. The minimum Gasteiger partial charge on any atom is -0.481 e. The van der Waals surface area contributed by atoms with Gasteiger partial charge in [0.05, 0.1) is 16.5 Å². The Kier molecular flexibility index (Phi) is 3.24. The Bertz CT molecular complexity index is 854. The first-order valence-corrected chi connectivity index (χ1v) is 8.54. The average molecular weight is 326 g/mol. The number of fused-ring (bicyclic) bond motifs is 2. The van der Waals surface area contributed by atoms with Gasteiger partial charge in [0.25, 0.3) is 5.91 Å². The van der Waals surface area contributed by atoms with Gasteiger partial charge in [-0.25, -0.2) is 0 Å². The Morgan fingerprint density at radius 1 is 1.33 bits per heavy atom. The number of amides is 1. The van der Waals surface area contributed by atoms with Crippen molar-refractivity contribution in [3.63, 3.8) is 0 Å². The molecule has 0 bridgehead atoms. The number of likely N-dealkylation sites (tertiary alicyclic amines) is 1. The van der Waals surface area contributed by atoms with Crippen LogP contribution in [0.15, 0.2) is 18.2 Å². The number of benzene rings is 1. The van der Waals surface area contributed by atoms with E-state index in [-0.39, 0.29) is 11.8 Å². The summed E-state index contributed by atoms with van der Waals surface area (Å²) in [5.41, 5.74) is 2.99. The maximum absolute atomic E-state index is 13.1. The summed E-state index contributed by atoms with van der Waals surface area (Å²) < 4.78 is 0. The van der Waals surface area contributed by atoms with Crippen LogP contribution < -0.4 is 0 Å². The van der Waals surface area contributed by atoms with Crippen LogP contribution in [0, 0.1) is 25.2 Å². The predicted molar refractivity (Wildman–Crippen MR) is 91.1 cm³/mol. The fourth-order valence-corrected chi connectivity index (χ4v) is 4.62. The molecule has 2 fully saturated rings. The molecule has 1 aliphatic heterocycles. The van der Waals surface area contributed by atoms with E-state index in [0.717, 1.165) is 35.0 Å². The van der Waals surface area contributed by atoms with Crippen LogP contribution in [0.3, 0.4) is 0 Å². The maximum atomic E-state index is 13.1. The number of H-pyrrole nitrogens is 1. The summed E-state index contributed by atoms with van der Waals surface area (Å²) in [4.78, 5) is 30.0. The van der Waals surface area contributed by atoms with Crippen molar-refractivity contribution in [2.75, 3.05) is 13.1 Å². The second-order valence-corrected chi connectivity index (χ2v) is 7.34. The largest absolute Gasteiger partial charge is 0.481 e. The number of carbonyl (C=O) groups excluding carboxylic acids is 1. The highest BCUT2D eigenvalue weighted by molar-refractivity contribution is 6.07.